The number of nitrogens with zero attached hydrogens (tertiary/aromatic N) is 3. The lowest BCUT2D eigenvalue weighted by Crippen LogP contribution is -2.53. The van der Waals surface area contributed by atoms with Crippen LogP contribution in [0.1, 0.15) is 19.4 Å². The van der Waals surface area contributed by atoms with E-state index in [1.54, 1.807) is 21.1 Å². The molecule has 0 unspecified atom stereocenters. The lowest BCUT2D eigenvalue weighted by Gasteiger charge is -2.36. The van der Waals surface area contributed by atoms with E-state index in [0.717, 1.165) is 48.7 Å². The maximum absolute atomic E-state index is 11.5. The molecule has 144 valence electrons. The quantitative estimate of drug-likeness (QED) is 0.576. The summed E-state index contributed by atoms with van der Waals surface area (Å²) in [6, 6.07) is 3.83. The Kier molecular flexibility index (Phi) is 7.56. The van der Waals surface area contributed by atoms with Gasteiger partial charge in [-0.05, 0) is 24.6 Å². The molecular formula is C18H27BrN4O3. The van der Waals surface area contributed by atoms with E-state index in [2.05, 4.69) is 26.1 Å². The zero-order valence-electron chi connectivity index (χ0n) is 15.8. The van der Waals surface area contributed by atoms with Crippen molar-refractivity contribution < 1.29 is 14.3 Å². The molecule has 0 aromatic heterocycles. The monoisotopic (exact) mass is 426 g/mol. The predicted molar refractivity (Wildman–Crippen MR) is 106 cm³/mol. The minimum Gasteiger partial charge on any atom is -0.493 e. The van der Waals surface area contributed by atoms with Crippen molar-refractivity contribution in [3.63, 3.8) is 0 Å². The van der Waals surface area contributed by atoms with Crippen LogP contribution in [0.3, 0.4) is 0 Å². The van der Waals surface area contributed by atoms with Gasteiger partial charge in [0.25, 0.3) is 0 Å². The van der Waals surface area contributed by atoms with Gasteiger partial charge in [-0.15, -0.1) is 0 Å². The minimum atomic E-state index is 0.126. The number of nitrogens with one attached hydrogen (secondary N) is 1. The summed E-state index contributed by atoms with van der Waals surface area (Å²) in [5, 5.41) is 3.34. The molecule has 1 aromatic carbocycles. The van der Waals surface area contributed by atoms with Gasteiger partial charge in [0.1, 0.15) is 0 Å². The van der Waals surface area contributed by atoms with Gasteiger partial charge < -0.3 is 24.6 Å². The molecule has 0 bridgehead atoms. The molecule has 1 aliphatic heterocycles. The number of methoxy groups -OCH3 is 2. The van der Waals surface area contributed by atoms with Crippen molar-refractivity contribution in [2.75, 3.05) is 46.9 Å². The van der Waals surface area contributed by atoms with Gasteiger partial charge in [-0.2, -0.15) is 0 Å². The van der Waals surface area contributed by atoms with Crippen LogP contribution in [-0.4, -0.2) is 68.6 Å². The second-order valence-corrected chi connectivity index (χ2v) is 6.82. The number of aliphatic imine (C=N–C) groups is 1. The molecule has 1 fully saturated rings. The first-order chi connectivity index (χ1) is 12.5. The van der Waals surface area contributed by atoms with Gasteiger partial charge in [0, 0.05) is 44.1 Å². The van der Waals surface area contributed by atoms with E-state index < -0.39 is 0 Å². The van der Waals surface area contributed by atoms with Crippen molar-refractivity contribution in [3.05, 3.63) is 22.2 Å². The lowest BCUT2D eigenvalue weighted by atomic mass is 10.2. The fourth-order valence-electron chi connectivity index (χ4n) is 2.84. The third-order valence-corrected chi connectivity index (χ3v) is 5.05. The second kappa shape index (κ2) is 9.66. The number of rotatable bonds is 5. The number of halogens is 1. The summed E-state index contributed by atoms with van der Waals surface area (Å²) in [6.45, 7) is 7.96. The fraction of sp³-hybridized carbons (Fsp3) is 0.556. The first-order valence-electron chi connectivity index (χ1n) is 8.69. The highest BCUT2D eigenvalue weighted by molar-refractivity contribution is 9.10. The Hall–Kier alpha value is -1.96. The number of piperazine rings is 1. The lowest BCUT2D eigenvalue weighted by molar-refractivity contribution is -0.130. The molecule has 7 nitrogen and oxygen atoms in total. The number of carbonyl (C=O) groups excluding carboxylic acids is 1. The van der Waals surface area contributed by atoms with Crippen molar-refractivity contribution in [2.24, 2.45) is 4.99 Å². The van der Waals surface area contributed by atoms with Crippen molar-refractivity contribution >= 4 is 27.8 Å². The fourth-order valence-corrected chi connectivity index (χ4v) is 3.28. The molecule has 1 aliphatic rings. The number of guanidine groups is 1. The van der Waals surface area contributed by atoms with Crippen molar-refractivity contribution in [1.82, 2.24) is 15.1 Å². The Morgan fingerprint density at radius 3 is 2.27 bits per heavy atom. The Morgan fingerprint density at radius 2 is 1.73 bits per heavy atom. The average molecular weight is 427 g/mol. The minimum absolute atomic E-state index is 0.126. The third-order valence-electron chi connectivity index (χ3n) is 4.31. The van der Waals surface area contributed by atoms with Crippen LogP contribution in [0.15, 0.2) is 21.6 Å². The molecule has 8 heteroatoms. The van der Waals surface area contributed by atoms with Gasteiger partial charge in [-0.3, -0.25) is 4.79 Å². The molecule has 1 saturated heterocycles. The van der Waals surface area contributed by atoms with Crippen LogP contribution in [-0.2, 0) is 11.3 Å². The van der Waals surface area contributed by atoms with Gasteiger partial charge in [0.15, 0.2) is 17.5 Å². The number of benzene rings is 1. The first kappa shape index (κ1) is 20.4. The summed E-state index contributed by atoms with van der Waals surface area (Å²) in [4.78, 5) is 20.3. The maximum atomic E-state index is 11.5. The van der Waals surface area contributed by atoms with Crippen LogP contribution in [0.2, 0.25) is 0 Å². The summed E-state index contributed by atoms with van der Waals surface area (Å²) in [5.74, 6) is 2.35. The summed E-state index contributed by atoms with van der Waals surface area (Å²) >= 11 is 3.58. The highest BCUT2D eigenvalue weighted by atomic mass is 79.9. The Bertz CT molecular complexity index is 658. The predicted octanol–water partition coefficient (Wildman–Crippen LogP) is 2.10. The smallest absolute Gasteiger partial charge is 0.219 e. The van der Waals surface area contributed by atoms with E-state index in [0.29, 0.717) is 18.0 Å². The molecule has 0 saturated carbocycles. The van der Waals surface area contributed by atoms with Crippen LogP contribution in [0.5, 0.6) is 11.5 Å². The summed E-state index contributed by atoms with van der Waals surface area (Å²) in [5.41, 5.74) is 1.01. The number of amides is 1. The van der Waals surface area contributed by atoms with E-state index in [-0.39, 0.29) is 5.91 Å². The SMILES string of the molecule is CCNC(=NCc1cc(OC)c(OC)cc1Br)N1CCN(C(C)=O)CC1. The van der Waals surface area contributed by atoms with Gasteiger partial charge in [0.2, 0.25) is 5.91 Å². The van der Waals surface area contributed by atoms with E-state index in [1.165, 1.54) is 0 Å². The molecule has 2 rings (SSSR count). The second-order valence-electron chi connectivity index (χ2n) is 5.96. The van der Waals surface area contributed by atoms with Crippen molar-refractivity contribution in [2.45, 2.75) is 20.4 Å². The molecule has 0 atom stereocenters. The molecule has 0 spiro atoms. The molecule has 26 heavy (non-hydrogen) atoms. The maximum Gasteiger partial charge on any atom is 0.219 e. The van der Waals surface area contributed by atoms with E-state index in [9.17, 15) is 4.79 Å². The van der Waals surface area contributed by atoms with Crippen LogP contribution in [0.4, 0.5) is 0 Å². The topological polar surface area (TPSA) is 66.4 Å². The van der Waals surface area contributed by atoms with Crippen LogP contribution in [0, 0.1) is 0 Å². The number of ether oxygens (including phenoxy) is 2. The average Bonchev–Trinajstić information content (AvgIpc) is 2.65. The standard InChI is InChI=1S/C18H27BrN4O3/c1-5-20-18(23-8-6-22(7-9-23)13(2)24)21-12-14-10-16(25-3)17(26-4)11-15(14)19/h10-11H,5-9,12H2,1-4H3,(H,20,21). The largest absolute Gasteiger partial charge is 0.493 e. The Balaban J connectivity index is 2.13. The third kappa shape index (κ3) is 5.03. The molecular weight excluding hydrogens is 400 g/mol. The molecule has 0 radical (unpaired) electrons. The molecule has 1 heterocycles. The zero-order chi connectivity index (χ0) is 19.1. The Labute approximate surface area is 163 Å². The highest BCUT2D eigenvalue weighted by Gasteiger charge is 2.21. The number of hydrogen-bond acceptors (Lipinski definition) is 4. The molecule has 1 N–H and O–H groups in total. The molecule has 1 aromatic rings. The van der Waals surface area contributed by atoms with Crippen LogP contribution < -0.4 is 14.8 Å². The number of hydrogen-bond donors (Lipinski definition) is 1. The van der Waals surface area contributed by atoms with E-state index in [4.69, 9.17) is 14.5 Å². The molecule has 0 aliphatic carbocycles. The number of carbonyl (C=O) groups is 1. The zero-order valence-corrected chi connectivity index (χ0v) is 17.4. The van der Waals surface area contributed by atoms with Crippen molar-refractivity contribution in [1.29, 1.82) is 0 Å². The van der Waals surface area contributed by atoms with E-state index in [1.807, 2.05) is 24.0 Å². The summed E-state index contributed by atoms with van der Waals surface area (Å²) in [7, 11) is 3.24. The van der Waals surface area contributed by atoms with Crippen LogP contribution in [0.25, 0.3) is 0 Å². The van der Waals surface area contributed by atoms with Gasteiger partial charge >= 0.3 is 0 Å². The van der Waals surface area contributed by atoms with Crippen molar-refractivity contribution in [3.8, 4) is 11.5 Å². The van der Waals surface area contributed by atoms with Gasteiger partial charge in [-0.1, -0.05) is 15.9 Å². The van der Waals surface area contributed by atoms with Gasteiger partial charge in [0.05, 0.1) is 20.8 Å². The Morgan fingerprint density at radius 1 is 1.15 bits per heavy atom. The normalized spacial score (nSPS) is 15.0. The van der Waals surface area contributed by atoms with E-state index >= 15 is 0 Å². The highest BCUT2D eigenvalue weighted by Crippen LogP contribution is 2.33. The van der Waals surface area contributed by atoms with Crippen LogP contribution >= 0.6 is 15.9 Å². The summed E-state index contributed by atoms with van der Waals surface area (Å²) in [6.07, 6.45) is 0. The summed E-state index contributed by atoms with van der Waals surface area (Å²) < 4.78 is 11.6. The first-order valence-corrected chi connectivity index (χ1v) is 9.48. The van der Waals surface area contributed by atoms with Gasteiger partial charge in [-0.25, -0.2) is 4.99 Å². The molecule has 1 amide bonds.